The highest BCUT2D eigenvalue weighted by molar-refractivity contribution is 6.30. The van der Waals surface area contributed by atoms with Crippen molar-refractivity contribution in [1.82, 2.24) is 14.9 Å². The van der Waals surface area contributed by atoms with Crippen LogP contribution in [0.2, 0.25) is 5.15 Å². The van der Waals surface area contributed by atoms with Crippen molar-refractivity contribution in [2.24, 2.45) is 0 Å². The van der Waals surface area contributed by atoms with Crippen LogP contribution in [0, 0.1) is 6.92 Å². The van der Waals surface area contributed by atoms with Crippen LogP contribution in [0.15, 0.2) is 0 Å². The molecule has 0 unspecified atom stereocenters. The standard InChI is InChI=1S/C14H23ClN4/c1-4-6-18-7-9-19(10-8-18)14-11(3)13(15)16-12(5-2)17-14/h4-10H2,1-3H3. The van der Waals surface area contributed by atoms with Gasteiger partial charge in [0, 0.05) is 38.2 Å². The maximum absolute atomic E-state index is 6.21. The van der Waals surface area contributed by atoms with Gasteiger partial charge in [-0.15, -0.1) is 0 Å². The SMILES string of the molecule is CCCN1CCN(c2nc(CC)nc(Cl)c2C)CC1. The minimum Gasteiger partial charge on any atom is -0.354 e. The van der Waals surface area contributed by atoms with Crippen LogP contribution in [0.25, 0.3) is 0 Å². The highest BCUT2D eigenvalue weighted by Gasteiger charge is 2.20. The molecular weight excluding hydrogens is 260 g/mol. The summed E-state index contributed by atoms with van der Waals surface area (Å²) >= 11 is 6.21. The summed E-state index contributed by atoms with van der Waals surface area (Å²) in [5, 5.41) is 0.595. The van der Waals surface area contributed by atoms with E-state index >= 15 is 0 Å². The van der Waals surface area contributed by atoms with Crippen molar-refractivity contribution in [3.05, 3.63) is 16.5 Å². The Labute approximate surface area is 120 Å². The van der Waals surface area contributed by atoms with E-state index in [1.54, 1.807) is 0 Å². The van der Waals surface area contributed by atoms with E-state index < -0.39 is 0 Å². The minimum absolute atomic E-state index is 0.595. The molecule has 0 saturated carbocycles. The minimum atomic E-state index is 0.595. The summed E-state index contributed by atoms with van der Waals surface area (Å²) in [4.78, 5) is 13.8. The van der Waals surface area contributed by atoms with E-state index in [4.69, 9.17) is 11.6 Å². The molecule has 0 bridgehead atoms. The summed E-state index contributed by atoms with van der Waals surface area (Å²) in [6.07, 6.45) is 2.04. The number of nitrogens with zero attached hydrogens (tertiary/aromatic N) is 4. The maximum Gasteiger partial charge on any atom is 0.137 e. The zero-order valence-corrected chi connectivity index (χ0v) is 12.9. The summed E-state index contributed by atoms with van der Waals surface area (Å²) < 4.78 is 0. The molecule has 2 rings (SSSR count). The fraction of sp³-hybridized carbons (Fsp3) is 0.714. The fourth-order valence-electron chi connectivity index (χ4n) is 2.49. The van der Waals surface area contributed by atoms with Crippen LogP contribution in [-0.4, -0.2) is 47.6 Å². The zero-order valence-electron chi connectivity index (χ0n) is 12.1. The van der Waals surface area contributed by atoms with Gasteiger partial charge in [-0.3, -0.25) is 4.90 Å². The lowest BCUT2D eigenvalue weighted by molar-refractivity contribution is 0.258. The lowest BCUT2D eigenvalue weighted by Gasteiger charge is -2.36. The Bertz CT molecular complexity index is 428. The highest BCUT2D eigenvalue weighted by atomic mass is 35.5. The van der Waals surface area contributed by atoms with Crippen molar-refractivity contribution in [3.8, 4) is 0 Å². The fourth-order valence-corrected chi connectivity index (χ4v) is 2.67. The van der Waals surface area contributed by atoms with E-state index in [2.05, 4.69) is 33.6 Å². The number of aromatic nitrogens is 2. The normalized spacial score (nSPS) is 16.9. The van der Waals surface area contributed by atoms with Crippen LogP contribution >= 0.6 is 11.6 Å². The molecule has 0 spiro atoms. The van der Waals surface area contributed by atoms with Crippen LogP contribution in [-0.2, 0) is 6.42 Å². The maximum atomic E-state index is 6.21. The van der Waals surface area contributed by atoms with Gasteiger partial charge in [-0.1, -0.05) is 25.4 Å². The molecule has 0 atom stereocenters. The van der Waals surface area contributed by atoms with Crippen molar-refractivity contribution in [2.75, 3.05) is 37.6 Å². The molecule has 19 heavy (non-hydrogen) atoms. The van der Waals surface area contributed by atoms with Crippen LogP contribution < -0.4 is 4.90 Å². The monoisotopic (exact) mass is 282 g/mol. The molecule has 5 heteroatoms. The third-order valence-corrected chi connectivity index (χ3v) is 4.00. The first kappa shape index (κ1) is 14.5. The van der Waals surface area contributed by atoms with Crippen molar-refractivity contribution < 1.29 is 0 Å². The Morgan fingerprint density at radius 2 is 1.79 bits per heavy atom. The summed E-state index contributed by atoms with van der Waals surface area (Å²) in [5.74, 6) is 1.86. The van der Waals surface area contributed by atoms with Crippen molar-refractivity contribution in [2.45, 2.75) is 33.6 Å². The van der Waals surface area contributed by atoms with Gasteiger partial charge < -0.3 is 4.90 Å². The number of hydrogen-bond donors (Lipinski definition) is 0. The molecule has 4 nitrogen and oxygen atoms in total. The van der Waals surface area contributed by atoms with Crippen molar-refractivity contribution in [3.63, 3.8) is 0 Å². The number of piperazine rings is 1. The highest BCUT2D eigenvalue weighted by Crippen LogP contribution is 2.24. The number of anilines is 1. The van der Waals surface area contributed by atoms with Gasteiger partial charge in [0.1, 0.15) is 16.8 Å². The van der Waals surface area contributed by atoms with Gasteiger partial charge in [0.05, 0.1) is 0 Å². The van der Waals surface area contributed by atoms with E-state index in [0.29, 0.717) is 5.15 Å². The zero-order chi connectivity index (χ0) is 13.8. The third kappa shape index (κ3) is 3.37. The largest absolute Gasteiger partial charge is 0.354 e. The average molecular weight is 283 g/mol. The predicted octanol–water partition coefficient (Wildman–Crippen LogP) is 2.53. The van der Waals surface area contributed by atoms with Crippen LogP contribution in [0.1, 0.15) is 31.7 Å². The molecular formula is C14H23ClN4. The quantitative estimate of drug-likeness (QED) is 0.795. The van der Waals surface area contributed by atoms with E-state index in [-0.39, 0.29) is 0 Å². The van der Waals surface area contributed by atoms with Gasteiger partial charge >= 0.3 is 0 Å². The molecule has 2 heterocycles. The van der Waals surface area contributed by atoms with Gasteiger partial charge in [-0.05, 0) is 19.9 Å². The predicted molar refractivity (Wildman–Crippen MR) is 80.1 cm³/mol. The topological polar surface area (TPSA) is 32.3 Å². The Morgan fingerprint density at radius 3 is 2.37 bits per heavy atom. The molecule has 1 aliphatic rings. The Morgan fingerprint density at radius 1 is 1.11 bits per heavy atom. The van der Waals surface area contributed by atoms with Gasteiger partial charge in [-0.2, -0.15) is 0 Å². The number of halogens is 1. The Balaban J connectivity index is 2.12. The first-order valence-electron chi connectivity index (χ1n) is 7.16. The second-order valence-corrected chi connectivity index (χ2v) is 5.42. The van der Waals surface area contributed by atoms with Crippen molar-refractivity contribution >= 4 is 17.4 Å². The lowest BCUT2D eigenvalue weighted by atomic mass is 10.2. The van der Waals surface area contributed by atoms with E-state index in [9.17, 15) is 0 Å². The lowest BCUT2D eigenvalue weighted by Crippen LogP contribution is -2.47. The first-order valence-corrected chi connectivity index (χ1v) is 7.53. The number of hydrogen-bond acceptors (Lipinski definition) is 4. The van der Waals surface area contributed by atoms with Gasteiger partial charge in [0.15, 0.2) is 0 Å². The molecule has 0 amide bonds. The summed E-state index contributed by atoms with van der Waals surface area (Å²) in [7, 11) is 0. The van der Waals surface area contributed by atoms with Crippen LogP contribution in [0.5, 0.6) is 0 Å². The van der Waals surface area contributed by atoms with Gasteiger partial charge in [-0.25, -0.2) is 9.97 Å². The molecule has 1 aromatic rings. The van der Waals surface area contributed by atoms with Crippen molar-refractivity contribution in [1.29, 1.82) is 0 Å². The Kier molecular flexibility index (Phi) is 4.99. The summed E-state index contributed by atoms with van der Waals surface area (Å²) in [5.41, 5.74) is 1.00. The smallest absolute Gasteiger partial charge is 0.137 e. The molecule has 0 radical (unpaired) electrons. The molecule has 1 saturated heterocycles. The first-order chi connectivity index (χ1) is 9.15. The van der Waals surface area contributed by atoms with E-state index in [1.165, 1.54) is 13.0 Å². The number of rotatable bonds is 4. The molecule has 1 aliphatic heterocycles. The number of aryl methyl sites for hydroxylation is 1. The second-order valence-electron chi connectivity index (χ2n) is 5.06. The second kappa shape index (κ2) is 6.53. The summed E-state index contributed by atoms with van der Waals surface area (Å²) in [6, 6.07) is 0. The molecule has 106 valence electrons. The van der Waals surface area contributed by atoms with Crippen LogP contribution in [0.4, 0.5) is 5.82 Å². The molecule has 1 fully saturated rings. The molecule has 0 aliphatic carbocycles. The van der Waals surface area contributed by atoms with E-state index in [1.807, 2.05) is 6.92 Å². The van der Waals surface area contributed by atoms with Gasteiger partial charge in [0.25, 0.3) is 0 Å². The molecule has 0 aromatic carbocycles. The van der Waals surface area contributed by atoms with Crippen LogP contribution in [0.3, 0.4) is 0 Å². The third-order valence-electron chi connectivity index (χ3n) is 3.63. The molecule has 1 aromatic heterocycles. The summed E-state index contributed by atoms with van der Waals surface area (Å²) in [6.45, 7) is 11.8. The average Bonchev–Trinajstić information content (AvgIpc) is 2.43. The van der Waals surface area contributed by atoms with E-state index in [0.717, 1.165) is 49.8 Å². The van der Waals surface area contributed by atoms with Gasteiger partial charge in [0.2, 0.25) is 0 Å². The Hall–Kier alpha value is -0.870. The molecule has 0 N–H and O–H groups in total.